The summed E-state index contributed by atoms with van der Waals surface area (Å²) in [6, 6.07) is 1.41. The van der Waals surface area contributed by atoms with E-state index in [4.69, 9.17) is 16.7 Å². The maximum absolute atomic E-state index is 12.2. The van der Waals surface area contributed by atoms with E-state index < -0.39 is 5.97 Å². The minimum Gasteiger partial charge on any atom is -0.478 e. The Hall–Kier alpha value is -1.88. The quantitative estimate of drug-likeness (QED) is 0.848. The SMILES string of the molecule is O=C(O)c1c(Cl)ccn2c(=O)c3c(nc12)CCC3. The molecule has 0 saturated carbocycles. The summed E-state index contributed by atoms with van der Waals surface area (Å²) in [5.74, 6) is -1.18. The highest BCUT2D eigenvalue weighted by molar-refractivity contribution is 6.34. The first-order valence-electron chi connectivity index (χ1n) is 5.55. The number of hydrogen-bond acceptors (Lipinski definition) is 3. The molecule has 0 aliphatic heterocycles. The molecule has 0 unspecified atom stereocenters. The second-order valence-corrected chi connectivity index (χ2v) is 4.64. The molecule has 0 aromatic carbocycles. The zero-order valence-corrected chi connectivity index (χ0v) is 10.1. The highest BCUT2D eigenvalue weighted by Crippen LogP contribution is 2.22. The van der Waals surface area contributed by atoms with Crippen LogP contribution in [0.4, 0.5) is 0 Å². The van der Waals surface area contributed by atoms with Gasteiger partial charge < -0.3 is 5.11 Å². The number of carbonyl (C=O) groups is 1. The second-order valence-electron chi connectivity index (χ2n) is 4.23. The van der Waals surface area contributed by atoms with Crippen LogP contribution in [0.1, 0.15) is 28.0 Å². The molecule has 6 heteroatoms. The van der Waals surface area contributed by atoms with Crippen LogP contribution in [-0.2, 0) is 12.8 Å². The van der Waals surface area contributed by atoms with Gasteiger partial charge in [0.25, 0.3) is 5.56 Å². The van der Waals surface area contributed by atoms with Crippen LogP contribution in [-0.4, -0.2) is 20.5 Å². The molecule has 5 nitrogen and oxygen atoms in total. The topological polar surface area (TPSA) is 71.7 Å². The lowest BCUT2D eigenvalue weighted by atomic mass is 10.2. The average molecular weight is 265 g/mol. The maximum Gasteiger partial charge on any atom is 0.341 e. The van der Waals surface area contributed by atoms with Crippen LogP contribution in [0.2, 0.25) is 5.02 Å². The van der Waals surface area contributed by atoms with Gasteiger partial charge in [0.2, 0.25) is 0 Å². The van der Waals surface area contributed by atoms with Gasteiger partial charge in [0.1, 0.15) is 5.56 Å². The fourth-order valence-corrected chi connectivity index (χ4v) is 2.57. The minimum absolute atomic E-state index is 0.0901. The van der Waals surface area contributed by atoms with Crippen molar-refractivity contribution < 1.29 is 9.90 Å². The fourth-order valence-electron chi connectivity index (χ4n) is 2.35. The Morgan fingerprint density at radius 2 is 2.22 bits per heavy atom. The first-order chi connectivity index (χ1) is 8.59. The number of rotatable bonds is 1. The minimum atomic E-state index is -1.18. The number of halogens is 1. The van der Waals surface area contributed by atoms with Gasteiger partial charge in [-0.05, 0) is 25.3 Å². The second kappa shape index (κ2) is 3.81. The molecule has 0 fully saturated rings. The van der Waals surface area contributed by atoms with Crippen LogP contribution in [0.3, 0.4) is 0 Å². The Kier molecular flexibility index (Phi) is 2.38. The number of nitrogens with zero attached hydrogens (tertiary/aromatic N) is 2. The standard InChI is InChI=1S/C12H9ClN2O3/c13-7-4-5-15-10(9(7)12(17)18)14-8-3-1-2-6(8)11(15)16/h4-5H,1-3H2,(H,17,18). The number of carboxylic acid groups (broad SMARTS) is 1. The van der Waals surface area contributed by atoms with E-state index >= 15 is 0 Å². The molecular formula is C12H9ClN2O3. The van der Waals surface area contributed by atoms with E-state index in [-0.39, 0.29) is 21.8 Å². The van der Waals surface area contributed by atoms with E-state index in [9.17, 15) is 9.59 Å². The predicted molar refractivity (Wildman–Crippen MR) is 65.5 cm³/mol. The normalized spacial score (nSPS) is 13.8. The summed E-state index contributed by atoms with van der Waals surface area (Å²) in [4.78, 5) is 27.7. The van der Waals surface area contributed by atoms with Crippen LogP contribution in [0.25, 0.3) is 5.65 Å². The Morgan fingerprint density at radius 1 is 1.44 bits per heavy atom. The number of fused-ring (bicyclic) bond motifs is 2. The van der Waals surface area contributed by atoms with E-state index in [0.29, 0.717) is 24.1 Å². The first-order valence-corrected chi connectivity index (χ1v) is 5.93. The van der Waals surface area contributed by atoms with Gasteiger partial charge in [-0.15, -0.1) is 0 Å². The molecular weight excluding hydrogens is 256 g/mol. The van der Waals surface area contributed by atoms with Crippen molar-refractivity contribution in [3.05, 3.63) is 44.5 Å². The molecule has 2 aromatic rings. The molecule has 1 N–H and O–H groups in total. The monoisotopic (exact) mass is 264 g/mol. The number of aryl methyl sites for hydroxylation is 1. The number of pyridine rings is 1. The molecule has 0 bridgehead atoms. The number of carboxylic acids is 1. The zero-order chi connectivity index (χ0) is 12.9. The lowest BCUT2D eigenvalue weighted by Crippen LogP contribution is -2.21. The molecule has 3 rings (SSSR count). The van der Waals surface area contributed by atoms with Crippen LogP contribution in [0.15, 0.2) is 17.1 Å². The largest absolute Gasteiger partial charge is 0.478 e. The third-order valence-electron chi connectivity index (χ3n) is 3.18. The van der Waals surface area contributed by atoms with Crippen molar-refractivity contribution in [2.45, 2.75) is 19.3 Å². The van der Waals surface area contributed by atoms with E-state index in [1.54, 1.807) is 0 Å². The molecule has 92 valence electrons. The molecule has 0 saturated heterocycles. The molecule has 2 heterocycles. The predicted octanol–water partition coefficient (Wildman–Crippen LogP) is 1.53. The van der Waals surface area contributed by atoms with Gasteiger partial charge in [-0.25, -0.2) is 9.78 Å². The van der Waals surface area contributed by atoms with Crippen LogP contribution in [0, 0.1) is 0 Å². The molecule has 0 spiro atoms. The van der Waals surface area contributed by atoms with Crippen LogP contribution >= 0.6 is 11.6 Å². The summed E-state index contributed by atoms with van der Waals surface area (Å²) in [6.45, 7) is 0. The van der Waals surface area contributed by atoms with Gasteiger partial charge in [0.05, 0.1) is 10.7 Å². The van der Waals surface area contributed by atoms with Crippen molar-refractivity contribution in [1.29, 1.82) is 0 Å². The Morgan fingerprint density at radius 3 is 2.94 bits per heavy atom. The van der Waals surface area contributed by atoms with E-state index in [0.717, 1.165) is 6.42 Å². The van der Waals surface area contributed by atoms with E-state index in [1.165, 1.54) is 16.7 Å². The molecule has 1 aliphatic rings. The lowest BCUT2D eigenvalue weighted by Gasteiger charge is -2.07. The summed E-state index contributed by atoms with van der Waals surface area (Å²) in [7, 11) is 0. The van der Waals surface area contributed by atoms with Gasteiger partial charge in [-0.3, -0.25) is 9.20 Å². The molecule has 1 aliphatic carbocycles. The average Bonchev–Trinajstić information content (AvgIpc) is 2.76. The van der Waals surface area contributed by atoms with Gasteiger partial charge in [-0.1, -0.05) is 11.6 Å². The van der Waals surface area contributed by atoms with Crippen molar-refractivity contribution >= 4 is 23.2 Å². The number of aromatic carboxylic acids is 1. The first kappa shape index (κ1) is 11.2. The molecule has 2 aromatic heterocycles. The van der Waals surface area contributed by atoms with Crippen LogP contribution in [0.5, 0.6) is 0 Å². The Balaban J connectivity index is 2.50. The van der Waals surface area contributed by atoms with Crippen molar-refractivity contribution in [3.63, 3.8) is 0 Å². The van der Waals surface area contributed by atoms with E-state index in [2.05, 4.69) is 4.98 Å². The van der Waals surface area contributed by atoms with Gasteiger partial charge in [0, 0.05) is 11.8 Å². The third-order valence-corrected chi connectivity index (χ3v) is 3.50. The number of hydrogen-bond donors (Lipinski definition) is 1. The lowest BCUT2D eigenvalue weighted by molar-refractivity contribution is 0.0698. The van der Waals surface area contributed by atoms with Gasteiger partial charge in [0.15, 0.2) is 5.65 Å². The van der Waals surface area contributed by atoms with Crippen molar-refractivity contribution in [2.75, 3.05) is 0 Å². The molecule has 0 amide bonds. The maximum atomic E-state index is 12.2. The van der Waals surface area contributed by atoms with Crippen molar-refractivity contribution in [3.8, 4) is 0 Å². The third kappa shape index (κ3) is 1.44. The summed E-state index contributed by atoms with van der Waals surface area (Å²) < 4.78 is 1.26. The molecule has 0 radical (unpaired) electrons. The van der Waals surface area contributed by atoms with Gasteiger partial charge in [-0.2, -0.15) is 0 Å². The summed E-state index contributed by atoms with van der Waals surface area (Å²) in [5, 5.41) is 9.25. The zero-order valence-electron chi connectivity index (χ0n) is 9.31. The summed E-state index contributed by atoms with van der Waals surface area (Å²) >= 11 is 5.87. The van der Waals surface area contributed by atoms with E-state index in [1.807, 2.05) is 0 Å². The highest BCUT2D eigenvalue weighted by Gasteiger charge is 2.22. The fraction of sp³-hybridized carbons (Fsp3) is 0.250. The summed E-state index contributed by atoms with van der Waals surface area (Å²) in [5.41, 5.74) is 1.20. The molecule has 18 heavy (non-hydrogen) atoms. The number of aromatic nitrogens is 2. The van der Waals surface area contributed by atoms with Gasteiger partial charge >= 0.3 is 5.97 Å². The van der Waals surface area contributed by atoms with Crippen molar-refractivity contribution in [1.82, 2.24) is 9.38 Å². The Bertz CT molecular complexity index is 736. The van der Waals surface area contributed by atoms with Crippen molar-refractivity contribution in [2.24, 2.45) is 0 Å². The highest BCUT2D eigenvalue weighted by atomic mass is 35.5. The Labute approximate surface area is 107 Å². The molecule has 0 atom stereocenters. The summed E-state index contributed by atoms with van der Waals surface area (Å²) in [6.07, 6.45) is 3.77. The van der Waals surface area contributed by atoms with Crippen LogP contribution < -0.4 is 5.56 Å². The smallest absolute Gasteiger partial charge is 0.341 e.